The van der Waals surface area contributed by atoms with Gasteiger partial charge in [-0.3, -0.25) is 0 Å². The Hall–Kier alpha value is -0.0400. The third kappa shape index (κ3) is 2.22. The van der Waals surface area contributed by atoms with Gasteiger partial charge in [0.25, 0.3) is 0 Å². The molecule has 1 nitrogen and oxygen atoms in total. The SMILES string of the molecule is CCC1(C)CCN(C(C)C)CC1. The van der Waals surface area contributed by atoms with E-state index in [0.29, 0.717) is 5.41 Å². The van der Waals surface area contributed by atoms with Crippen LogP contribution in [0.3, 0.4) is 0 Å². The van der Waals surface area contributed by atoms with Gasteiger partial charge in [0.1, 0.15) is 0 Å². The first-order chi connectivity index (χ1) is 5.57. The predicted octanol–water partition coefficient (Wildman–Crippen LogP) is 2.91. The highest BCUT2D eigenvalue weighted by atomic mass is 15.1. The Bertz CT molecular complexity index is 132. The van der Waals surface area contributed by atoms with Gasteiger partial charge in [-0.05, 0) is 45.2 Å². The molecule has 0 amide bonds. The van der Waals surface area contributed by atoms with Crippen molar-refractivity contribution in [3.05, 3.63) is 0 Å². The molecule has 1 rings (SSSR count). The van der Waals surface area contributed by atoms with Crippen LogP contribution in [0, 0.1) is 5.41 Å². The van der Waals surface area contributed by atoms with Crippen LogP contribution in [0.15, 0.2) is 0 Å². The first kappa shape index (κ1) is 10.0. The Kier molecular flexibility index (Phi) is 3.16. The first-order valence-electron chi connectivity index (χ1n) is 5.31. The van der Waals surface area contributed by atoms with Gasteiger partial charge in [0.05, 0.1) is 0 Å². The topological polar surface area (TPSA) is 3.24 Å². The van der Waals surface area contributed by atoms with E-state index >= 15 is 0 Å². The molecule has 12 heavy (non-hydrogen) atoms. The molecule has 0 aromatic rings. The van der Waals surface area contributed by atoms with Gasteiger partial charge in [-0.15, -0.1) is 0 Å². The largest absolute Gasteiger partial charge is 0.301 e. The van der Waals surface area contributed by atoms with Crippen LogP contribution in [0.4, 0.5) is 0 Å². The molecule has 0 unspecified atom stereocenters. The molecule has 1 saturated heterocycles. The van der Waals surface area contributed by atoms with E-state index in [1.807, 2.05) is 0 Å². The van der Waals surface area contributed by atoms with E-state index in [2.05, 4.69) is 32.6 Å². The second-order valence-corrected chi connectivity index (χ2v) is 4.79. The zero-order valence-electron chi connectivity index (χ0n) is 9.06. The Labute approximate surface area is 77.1 Å². The lowest BCUT2D eigenvalue weighted by atomic mass is 9.78. The van der Waals surface area contributed by atoms with E-state index in [9.17, 15) is 0 Å². The van der Waals surface area contributed by atoms with E-state index in [0.717, 1.165) is 6.04 Å². The molecule has 0 saturated carbocycles. The van der Waals surface area contributed by atoms with Crippen LogP contribution in [-0.2, 0) is 0 Å². The molecule has 1 fully saturated rings. The van der Waals surface area contributed by atoms with Crippen molar-refractivity contribution in [2.45, 2.75) is 53.0 Å². The molecule has 72 valence electrons. The summed E-state index contributed by atoms with van der Waals surface area (Å²) in [6, 6.07) is 0.742. The number of nitrogens with zero attached hydrogens (tertiary/aromatic N) is 1. The van der Waals surface area contributed by atoms with E-state index < -0.39 is 0 Å². The average molecular weight is 169 g/mol. The summed E-state index contributed by atoms with van der Waals surface area (Å²) in [6.07, 6.45) is 4.13. The van der Waals surface area contributed by atoms with Gasteiger partial charge in [-0.25, -0.2) is 0 Å². The maximum atomic E-state index is 2.59. The van der Waals surface area contributed by atoms with Crippen LogP contribution in [0.5, 0.6) is 0 Å². The summed E-state index contributed by atoms with van der Waals surface area (Å²) in [5.74, 6) is 0. The zero-order chi connectivity index (χ0) is 9.19. The molecule has 1 aliphatic heterocycles. The van der Waals surface area contributed by atoms with Gasteiger partial charge in [-0.2, -0.15) is 0 Å². The van der Waals surface area contributed by atoms with Crippen molar-refractivity contribution in [1.29, 1.82) is 0 Å². The second-order valence-electron chi connectivity index (χ2n) is 4.79. The lowest BCUT2D eigenvalue weighted by molar-refractivity contribution is 0.0923. The van der Waals surface area contributed by atoms with Crippen LogP contribution in [-0.4, -0.2) is 24.0 Å². The van der Waals surface area contributed by atoms with Crippen LogP contribution in [0.25, 0.3) is 0 Å². The molecular formula is C11H23N. The highest BCUT2D eigenvalue weighted by Gasteiger charge is 2.28. The maximum absolute atomic E-state index is 2.59. The standard InChI is InChI=1S/C11H23N/c1-5-11(4)6-8-12(9-7-11)10(2)3/h10H,5-9H2,1-4H3. The highest BCUT2D eigenvalue weighted by Crippen LogP contribution is 2.34. The van der Waals surface area contributed by atoms with Crippen molar-refractivity contribution in [3.8, 4) is 0 Å². The summed E-state index contributed by atoms with van der Waals surface area (Å²) < 4.78 is 0. The smallest absolute Gasteiger partial charge is 0.00385 e. The molecule has 0 atom stereocenters. The summed E-state index contributed by atoms with van der Waals surface area (Å²) in [5, 5.41) is 0. The van der Waals surface area contributed by atoms with Gasteiger partial charge in [0.2, 0.25) is 0 Å². The van der Waals surface area contributed by atoms with Gasteiger partial charge in [0, 0.05) is 6.04 Å². The molecule has 1 heteroatoms. The molecule has 0 bridgehead atoms. The Morgan fingerprint density at radius 3 is 2.08 bits per heavy atom. The molecule has 0 spiro atoms. The van der Waals surface area contributed by atoms with Gasteiger partial charge in [0.15, 0.2) is 0 Å². The van der Waals surface area contributed by atoms with Crippen LogP contribution < -0.4 is 0 Å². The van der Waals surface area contributed by atoms with E-state index in [-0.39, 0.29) is 0 Å². The normalized spacial score (nSPS) is 24.8. The summed E-state index contributed by atoms with van der Waals surface area (Å²) in [5.41, 5.74) is 0.644. The molecule has 0 aliphatic carbocycles. The summed E-state index contributed by atoms with van der Waals surface area (Å²) in [6.45, 7) is 12.0. The van der Waals surface area contributed by atoms with Crippen molar-refractivity contribution < 1.29 is 0 Å². The number of hydrogen-bond donors (Lipinski definition) is 0. The number of piperidine rings is 1. The number of rotatable bonds is 2. The zero-order valence-corrected chi connectivity index (χ0v) is 9.06. The summed E-state index contributed by atoms with van der Waals surface area (Å²) in [4.78, 5) is 2.59. The monoisotopic (exact) mass is 169 g/mol. The Morgan fingerprint density at radius 2 is 1.75 bits per heavy atom. The minimum absolute atomic E-state index is 0.644. The second kappa shape index (κ2) is 3.78. The van der Waals surface area contributed by atoms with E-state index in [1.54, 1.807) is 0 Å². The average Bonchev–Trinajstić information content (AvgIpc) is 2.05. The predicted molar refractivity (Wildman–Crippen MR) is 54.3 cm³/mol. The van der Waals surface area contributed by atoms with Crippen LogP contribution in [0.2, 0.25) is 0 Å². The lowest BCUT2D eigenvalue weighted by Crippen LogP contribution is -2.41. The fourth-order valence-corrected chi connectivity index (χ4v) is 1.93. The van der Waals surface area contributed by atoms with E-state index in [1.165, 1.54) is 32.4 Å². The van der Waals surface area contributed by atoms with E-state index in [4.69, 9.17) is 0 Å². The minimum Gasteiger partial charge on any atom is -0.301 e. The van der Waals surface area contributed by atoms with Crippen molar-refractivity contribution in [3.63, 3.8) is 0 Å². The van der Waals surface area contributed by atoms with Crippen LogP contribution >= 0.6 is 0 Å². The molecule has 1 aliphatic rings. The van der Waals surface area contributed by atoms with Gasteiger partial charge in [-0.1, -0.05) is 20.3 Å². The molecule has 0 aromatic heterocycles. The first-order valence-corrected chi connectivity index (χ1v) is 5.31. The Morgan fingerprint density at radius 1 is 1.25 bits per heavy atom. The van der Waals surface area contributed by atoms with Gasteiger partial charge < -0.3 is 4.90 Å². The fourth-order valence-electron chi connectivity index (χ4n) is 1.93. The molecule has 0 radical (unpaired) electrons. The quantitative estimate of drug-likeness (QED) is 0.614. The molecular weight excluding hydrogens is 146 g/mol. The maximum Gasteiger partial charge on any atom is 0.00385 e. The van der Waals surface area contributed by atoms with Crippen molar-refractivity contribution in [1.82, 2.24) is 4.90 Å². The summed E-state index contributed by atoms with van der Waals surface area (Å²) >= 11 is 0. The minimum atomic E-state index is 0.644. The summed E-state index contributed by atoms with van der Waals surface area (Å²) in [7, 11) is 0. The molecule has 0 aromatic carbocycles. The van der Waals surface area contributed by atoms with Crippen molar-refractivity contribution in [2.75, 3.05) is 13.1 Å². The Balaban J connectivity index is 2.39. The van der Waals surface area contributed by atoms with Gasteiger partial charge >= 0.3 is 0 Å². The lowest BCUT2D eigenvalue weighted by Gasteiger charge is -2.40. The number of likely N-dealkylation sites (tertiary alicyclic amines) is 1. The third-order valence-electron chi connectivity index (χ3n) is 3.59. The van der Waals surface area contributed by atoms with Crippen molar-refractivity contribution in [2.24, 2.45) is 5.41 Å². The third-order valence-corrected chi connectivity index (χ3v) is 3.59. The molecule has 0 N–H and O–H groups in total. The highest BCUT2D eigenvalue weighted by molar-refractivity contribution is 4.82. The fraction of sp³-hybridized carbons (Fsp3) is 1.00. The van der Waals surface area contributed by atoms with Crippen molar-refractivity contribution >= 4 is 0 Å². The molecule has 1 heterocycles. The number of hydrogen-bond acceptors (Lipinski definition) is 1. The van der Waals surface area contributed by atoms with Crippen LogP contribution in [0.1, 0.15) is 47.0 Å².